The number of hydrogen-bond acceptors (Lipinski definition) is 4. The van der Waals surface area contributed by atoms with Crippen molar-refractivity contribution >= 4 is 6.29 Å². The SMILES string of the molecule is C[C-]=O.Cc1cc(O)nc(-c2ccccc2)n1.[W]. The number of carbonyl (C=O) groups excluding carboxylic acids is 1. The molecule has 94 valence electrons. The fourth-order valence-electron chi connectivity index (χ4n) is 1.27. The van der Waals surface area contributed by atoms with Gasteiger partial charge in [0.05, 0.1) is 0 Å². The molecule has 0 unspecified atom stereocenters. The quantitative estimate of drug-likeness (QED) is 0.729. The third-order valence-corrected chi connectivity index (χ3v) is 1.87. The molecule has 1 N–H and O–H groups in total. The van der Waals surface area contributed by atoms with Crippen LogP contribution in [0.15, 0.2) is 36.4 Å². The number of rotatable bonds is 1. The van der Waals surface area contributed by atoms with E-state index in [4.69, 9.17) is 4.79 Å². The summed E-state index contributed by atoms with van der Waals surface area (Å²) in [4.78, 5) is 16.9. The number of aromatic nitrogens is 2. The second-order valence-corrected chi connectivity index (χ2v) is 3.26. The summed E-state index contributed by atoms with van der Waals surface area (Å²) in [6.07, 6.45) is 1.50. The van der Waals surface area contributed by atoms with Gasteiger partial charge in [0.25, 0.3) is 0 Å². The number of aromatic hydroxyl groups is 1. The average molecular weight is 413 g/mol. The summed E-state index contributed by atoms with van der Waals surface area (Å²) in [5.41, 5.74) is 1.67. The van der Waals surface area contributed by atoms with Crippen LogP contribution in [0.1, 0.15) is 12.6 Å². The van der Waals surface area contributed by atoms with Gasteiger partial charge in [0, 0.05) is 38.4 Å². The van der Waals surface area contributed by atoms with Crippen LogP contribution in [0.5, 0.6) is 5.88 Å². The van der Waals surface area contributed by atoms with Gasteiger partial charge >= 0.3 is 0 Å². The van der Waals surface area contributed by atoms with Gasteiger partial charge in [0.15, 0.2) is 5.82 Å². The van der Waals surface area contributed by atoms with Crippen LogP contribution >= 0.6 is 0 Å². The third-order valence-electron chi connectivity index (χ3n) is 1.87. The molecule has 1 aromatic heterocycles. The minimum atomic E-state index is 0. The van der Waals surface area contributed by atoms with E-state index in [0.29, 0.717) is 5.82 Å². The smallest absolute Gasteiger partial charge is 0.214 e. The van der Waals surface area contributed by atoms with E-state index in [1.54, 1.807) is 0 Å². The largest absolute Gasteiger partial charge is 0.542 e. The molecule has 0 amide bonds. The van der Waals surface area contributed by atoms with E-state index in [9.17, 15) is 5.11 Å². The van der Waals surface area contributed by atoms with Gasteiger partial charge in [-0.2, -0.15) is 11.9 Å². The number of aryl methyl sites for hydroxylation is 1. The van der Waals surface area contributed by atoms with Gasteiger partial charge in [0.1, 0.15) is 0 Å². The zero-order valence-corrected chi connectivity index (χ0v) is 13.1. The molecule has 2 aromatic rings. The minimum Gasteiger partial charge on any atom is -0.542 e. The summed E-state index contributed by atoms with van der Waals surface area (Å²) in [5, 5.41) is 9.30. The second kappa shape index (κ2) is 8.53. The van der Waals surface area contributed by atoms with E-state index in [2.05, 4.69) is 9.97 Å². The molecule has 0 spiro atoms. The number of nitrogens with zero attached hydrogens (tertiary/aromatic N) is 2. The van der Waals surface area contributed by atoms with E-state index in [-0.39, 0.29) is 26.9 Å². The van der Waals surface area contributed by atoms with E-state index >= 15 is 0 Å². The fourth-order valence-corrected chi connectivity index (χ4v) is 1.27. The van der Waals surface area contributed by atoms with Crippen molar-refractivity contribution in [2.45, 2.75) is 13.8 Å². The molecule has 0 saturated carbocycles. The van der Waals surface area contributed by atoms with Crippen LogP contribution in [0, 0.1) is 6.92 Å². The molecule has 0 radical (unpaired) electrons. The van der Waals surface area contributed by atoms with Crippen LogP contribution in [0.25, 0.3) is 11.4 Å². The van der Waals surface area contributed by atoms with Crippen LogP contribution in [-0.4, -0.2) is 21.4 Å². The summed E-state index contributed by atoms with van der Waals surface area (Å²) < 4.78 is 0. The first-order chi connectivity index (χ1) is 8.17. The van der Waals surface area contributed by atoms with Crippen LogP contribution in [0.2, 0.25) is 0 Å². The fraction of sp³-hybridized carbons (Fsp3) is 0.154. The normalized spacial score (nSPS) is 8.56. The first-order valence-electron chi connectivity index (χ1n) is 5.06. The van der Waals surface area contributed by atoms with Crippen molar-refractivity contribution in [2.24, 2.45) is 0 Å². The van der Waals surface area contributed by atoms with Gasteiger partial charge in [0.2, 0.25) is 5.88 Å². The zero-order chi connectivity index (χ0) is 12.7. The summed E-state index contributed by atoms with van der Waals surface area (Å²) in [5.74, 6) is 0.569. The van der Waals surface area contributed by atoms with Gasteiger partial charge in [-0.25, -0.2) is 4.98 Å². The monoisotopic (exact) mass is 413 g/mol. The second-order valence-electron chi connectivity index (χ2n) is 3.26. The molecule has 1 heterocycles. The molecule has 2 rings (SSSR count). The molecule has 0 fully saturated rings. The predicted molar refractivity (Wildman–Crippen MR) is 65.2 cm³/mol. The molecule has 0 aliphatic heterocycles. The maximum absolute atomic E-state index is 9.30. The van der Waals surface area contributed by atoms with Crippen molar-refractivity contribution < 1.29 is 31.0 Å². The predicted octanol–water partition coefficient (Wildman–Crippen LogP) is 2.27. The maximum Gasteiger partial charge on any atom is 0.214 e. The van der Waals surface area contributed by atoms with Gasteiger partial charge in [-0.3, -0.25) is 6.29 Å². The Morgan fingerprint density at radius 2 is 1.72 bits per heavy atom. The van der Waals surface area contributed by atoms with Crippen molar-refractivity contribution in [1.82, 2.24) is 9.97 Å². The standard InChI is InChI=1S/C11H10N2O.C2H3O.W/c1-8-7-10(14)13-11(12-8)9-5-3-2-4-6-9;1-2-3;/h2-7H,1H3,(H,12,13,14);1H3;/q;-1;. The topological polar surface area (TPSA) is 63.1 Å². The van der Waals surface area contributed by atoms with Gasteiger partial charge in [-0.1, -0.05) is 30.3 Å². The Morgan fingerprint density at radius 1 is 1.17 bits per heavy atom. The molecule has 0 saturated heterocycles. The Hall–Kier alpha value is -1.54. The molecule has 0 bridgehead atoms. The summed E-state index contributed by atoms with van der Waals surface area (Å²) >= 11 is 0. The van der Waals surface area contributed by atoms with Gasteiger partial charge in [-0.05, 0) is 6.92 Å². The molecule has 0 aliphatic rings. The van der Waals surface area contributed by atoms with Crippen LogP contribution in [0.3, 0.4) is 0 Å². The van der Waals surface area contributed by atoms with Crippen molar-refractivity contribution in [2.75, 3.05) is 0 Å². The van der Waals surface area contributed by atoms with Gasteiger partial charge in [-0.15, -0.1) is 0 Å². The molecule has 4 nitrogen and oxygen atoms in total. The average Bonchev–Trinajstić information content (AvgIpc) is 2.30. The first kappa shape index (κ1) is 16.5. The van der Waals surface area contributed by atoms with Crippen LogP contribution in [-0.2, 0) is 25.9 Å². The van der Waals surface area contributed by atoms with E-state index in [1.165, 1.54) is 19.3 Å². The van der Waals surface area contributed by atoms with Crippen molar-refractivity contribution in [1.29, 1.82) is 0 Å². The first-order valence-corrected chi connectivity index (χ1v) is 5.06. The molecule has 0 atom stereocenters. The van der Waals surface area contributed by atoms with Crippen molar-refractivity contribution in [3.8, 4) is 17.3 Å². The summed E-state index contributed by atoms with van der Waals surface area (Å²) in [7, 11) is 0. The minimum absolute atomic E-state index is 0. The van der Waals surface area contributed by atoms with Gasteiger partial charge < -0.3 is 9.90 Å². The Balaban J connectivity index is 0.000000660. The van der Waals surface area contributed by atoms with Crippen molar-refractivity contribution in [3.05, 3.63) is 42.1 Å². The molecule has 1 aromatic carbocycles. The van der Waals surface area contributed by atoms with Crippen LogP contribution in [0.4, 0.5) is 0 Å². The van der Waals surface area contributed by atoms with Crippen molar-refractivity contribution in [3.63, 3.8) is 0 Å². The number of hydrogen-bond donors (Lipinski definition) is 1. The van der Waals surface area contributed by atoms with E-state index < -0.39 is 0 Å². The molecule has 5 heteroatoms. The molecule has 18 heavy (non-hydrogen) atoms. The maximum atomic E-state index is 9.30. The molecule has 0 aliphatic carbocycles. The number of benzene rings is 1. The Morgan fingerprint density at radius 3 is 2.22 bits per heavy atom. The van der Waals surface area contributed by atoms with Crippen LogP contribution < -0.4 is 0 Å². The Bertz CT molecular complexity index is 469. The Kier molecular flexibility index (Phi) is 7.80. The third kappa shape index (κ3) is 5.19. The molecular formula is C13H13N2O2W-. The summed E-state index contributed by atoms with van der Waals surface area (Å²) in [6, 6.07) is 11.1. The van der Waals surface area contributed by atoms with E-state index in [0.717, 1.165) is 11.3 Å². The van der Waals surface area contributed by atoms with E-state index in [1.807, 2.05) is 37.3 Å². The molecular weight excluding hydrogens is 400 g/mol. The Labute approximate surface area is 120 Å². The summed E-state index contributed by atoms with van der Waals surface area (Å²) in [6.45, 7) is 3.15. The zero-order valence-electron chi connectivity index (χ0n) is 10.1.